The number of nitrogens with zero attached hydrogens (tertiary/aromatic N) is 1. The van der Waals surface area contributed by atoms with Crippen LogP contribution < -0.4 is 10.7 Å². The van der Waals surface area contributed by atoms with Gasteiger partial charge in [0.15, 0.2) is 11.2 Å². The van der Waals surface area contributed by atoms with Gasteiger partial charge in [0, 0.05) is 24.0 Å². The molecule has 2 N–H and O–H groups in total. The van der Waals surface area contributed by atoms with Crippen LogP contribution in [0.3, 0.4) is 0 Å². The Balaban J connectivity index is 2.06. The predicted molar refractivity (Wildman–Crippen MR) is 64.2 cm³/mol. The molecule has 6 nitrogen and oxygen atoms in total. The van der Waals surface area contributed by atoms with Crippen molar-refractivity contribution >= 4 is 5.91 Å². The summed E-state index contributed by atoms with van der Waals surface area (Å²) in [6.07, 6.45) is 1.40. The zero-order valence-corrected chi connectivity index (χ0v) is 10.1. The highest BCUT2D eigenvalue weighted by Crippen LogP contribution is 2.01. The van der Waals surface area contributed by atoms with Gasteiger partial charge in [0.05, 0.1) is 12.2 Å². The van der Waals surface area contributed by atoms with E-state index in [1.165, 1.54) is 12.3 Å². The Hall–Kier alpha value is -2.37. The van der Waals surface area contributed by atoms with Crippen LogP contribution in [0.15, 0.2) is 27.6 Å². The molecule has 0 spiro atoms. The summed E-state index contributed by atoms with van der Waals surface area (Å²) < 4.78 is 4.95. The monoisotopic (exact) mass is 247 g/mol. The van der Waals surface area contributed by atoms with Crippen molar-refractivity contribution in [1.82, 2.24) is 15.5 Å². The van der Waals surface area contributed by atoms with E-state index >= 15 is 0 Å². The van der Waals surface area contributed by atoms with Gasteiger partial charge < -0.3 is 14.8 Å². The van der Waals surface area contributed by atoms with E-state index in [9.17, 15) is 9.59 Å². The van der Waals surface area contributed by atoms with Crippen LogP contribution in [0.2, 0.25) is 0 Å². The van der Waals surface area contributed by atoms with Crippen molar-refractivity contribution < 1.29 is 9.32 Å². The van der Waals surface area contributed by atoms with E-state index in [-0.39, 0.29) is 17.5 Å². The number of H-pyrrole nitrogens is 1. The largest absolute Gasteiger partial charge is 0.364 e. The standard InChI is InChI=1S/C12H13N3O3/c1-7-4-11(16)10(6-13-7)12(17)14-5-9-3-8(2)15-18-9/h3-4,6H,5H2,1-2H3,(H,13,16)(H,14,17). The number of pyridine rings is 1. The van der Waals surface area contributed by atoms with Gasteiger partial charge in [-0.1, -0.05) is 5.16 Å². The predicted octanol–water partition coefficient (Wildman–Crippen LogP) is 0.910. The first-order valence-corrected chi connectivity index (χ1v) is 5.46. The molecule has 1 amide bonds. The lowest BCUT2D eigenvalue weighted by Crippen LogP contribution is -2.28. The van der Waals surface area contributed by atoms with Gasteiger partial charge in [0.2, 0.25) is 0 Å². The Morgan fingerprint density at radius 3 is 2.83 bits per heavy atom. The average Bonchev–Trinajstić information content (AvgIpc) is 2.72. The van der Waals surface area contributed by atoms with Gasteiger partial charge in [-0.05, 0) is 13.8 Å². The average molecular weight is 247 g/mol. The summed E-state index contributed by atoms with van der Waals surface area (Å²) in [6.45, 7) is 3.74. The first-order chi connectivity index (χ1) is 8.56. The maximum atomic E-state index is 11.8. The number of hydrogen-bond acceptors (Lipinski definition) is 4. The lowest BCUT2D eigenvalue weighted by atomic mass is 10.2. The van der Waals surface area contributed by atoms with Crippen LogP contribution in [0, 0.1) is 13.8 Å². The maximum absolute atomic E-state index is 11.8. The lowest BCUT2D eigenvalue weighted by Gasteiger charge is -2.02. The van der Waals surface area contributed by atoms with Gasteiger partial charge in [-0.15, -0.1) is 0 Å². The number of aromatic nitrogens is 2. The fraction of sp³-hybridized carbons (Fsp3) is 0.250. The molecule has 0 saturated heterocycles. The number of amides is 1. The van der Waals surface area contributed by atoms with Crippen molar-refractivity contribution in [2.24, 2.45) is 0 Å². The van der Waals surface area contributed by atoms with Gasteiger partial charge in [0.25, 0.3) is 5.91 Å². The minimum absolute atomic E-state index is 0.0804. The van der Waals surface area contributed by atoms with E-state index in [0.29, 0.717) is 11.5 Å². The molecule has 0 aliphatic rings. The minimum Gasteiger partial charge on any atom is -0.364 e. The van der Waals surface area contributed by atoms with Crippen molar-refractivity contribution in [2.45, 2.75) is 20.4 Å². The molecule has 6 heteroatoms. The zero-order valence-electron chi connectivity index (χ0n) is 10.1. The molecule has 0 radical (unpaired) electrons. The summed E-state index contributed by atoms with van der Waals surface area (Å²) in [5.74, 6) is 0.106. The molecule has 0 aliphatic carbocycles. The summed E-state index contributed by atoms with van der Waals surface area (Å²) in [5, 5.41) is 6.30. The van der Waals surface area contributed by atoms with Crippen LogP contribution in [0.5, 0.6) is 0 Å². The van der Waals surface area contributed by atoms with Crippen molar-refractivity contribution in [1.29, 1.82) is 0 Å². The number of rotatable bonds is 3. The third-order valence-corrected chi connectivity index (χ3v) is 2.40. The van der Waals surface area contributed by atoms with Crippen molar-refractivity contribution in [3.63, 3.8) is 0 Å². The SMILES string of the molecule is Cc1cc(CNC(=O)c2c[nH]c(C)cc2=O)on1. The first kappa shape index (κ1) is 12.1. The maximum Gasteiger partial charge on any atom is 0.257 e. The van der Waals surface area contributed by atoms with E-state index in [0.717, 1.165) is 5.69 Å². The summed E-state index contributed by atoms with van der Waals surface area (Å²) in [6, 6.07) is 3.10. The molecule has 0 bridgehead atoms. The summed E-state index contributed by atoms with van der Waals surface area (Å²) in [7, 11) is 0. The van der Waals surface area contributed by atoms with Crippen LogP contribution in [-0.2, 0) is 6.54 Å². The highest BCUT2D eigenvalue weighted by Gasteiger charge is 2.10. The second-order valence-electron chi connectivity index (χ2n) is 4.01. The third-order valence-electron chi connectivity index (χ3n) is 2.40. The third kappa shape index (κ3) is 2.65. The Morgan fingerprint density at radius 1 is 1.44 bits per heavy atom. The lowest BCUT2D eigenvalue weighted by molar-refractivity contribution is 0.0945. The molecule has 2 heterocycles. The van der Waals surface area contributed by atoms with E-state index in [1.54, 1.807) is 19.9 Å². The van der Waals surface area contributed by atoms with Gasteiger partial charge >= 0.3 is 0 Å². The van der Waals surface area contributed by atoms with Crippen LogP contribution in [0.4, 0.5) is 0 Å². The Morgan fingerprint density at radius 2 is 2.22 bits per heavy atom. The van der Waals surface area contributed by atoms with Crippen molar-refractivity contribution in [3.8, 4) is 0 Å². The number of carbonyl (C=O) groups is 1. The van der Waals surface area contributed by atoms with E-state index in [1.807, 2.05) is 0 Å². The van der Waals surface area contributed by atoms with Crippen molar-refractivity contribution in [2.75, 3.05) is 0 Å². The quantitative estimate of drug-likeness (QED) is 0.843. The highest BCUT2D eigenvalue weighted by atomic mass is 16.5. The van der Waals surface area contributed by atoms with Crippen LogP contribution in [0.25, 0.3) is 0 Å². The molecular formula is C12H13N3O3. The number of nitrogens with one attached hydrogen (secondary N) is 2. The summed E-state index contributed by atoms with van der Waals surface area (Å²) in [4.78, 5) is 26.2. The molecule has 2 aromatic rings. The van der Waals surface area contributed by atoms with Crippen LogP contribution in [-0.4, -0.2) is 16.0 Å². The fourth-order valence-corrected chi connectivity index (χ4v) is 1.51. The fourth-order valence-electron chi connectivity index (χ4n) is 1.51. The van der Waals surface area contributed by atoms with Crippen molar-refractivity contribution in [3.05, 3.63) is 51.3 Å². The van der Waals surface area contributed by atoms with Gasteiger partial charge in [-0.3, -0.25) is 9.59 Å². The normalized spacial score (nSPS) is 10.3. The van der Waals surface area contributed by atoms with E-state index < -0.39 is 5.91 Å². The molecule has 0 saturated carbocycles. The molecule has 2 rings (SSSR count). The number of hydrogen-bond donors (Lipinski definition) is 2. The molecule has 18 heavy (non-hydrogen) atoms. The molecule has 0 unspecified atom stereocenters. The van der Waals surface area contributed by atoms with Gasteiger partial charge in [0.1, 0.15) is 5.56 Å². The molecule has 2 aromatic heterocycles. The summed E-state index contributed by atoms with van der Waals surface area (Å²) in [5.41, 5.74) is 1.23. The van der Waals surface area contributed by atoms with E-state index in [4.69, 9.17) is 4.52 Å². The van der Waals surface area contributed by atoms with Crippen LogP contribution >= 0.6 is 0 Å². The molecule has 0 atom stereocenters. The Kier molecular flexibility index (Phi) is 3.27. The Labute approximate surface area is 103 Å². The van der Waals surface area contributed by atoms with Gasteiger partial charge in [-0.2, -0.15) is 0 Å². The molecular weight excluding hydrogens is 234 g/mol. The second kappa shape index (κ2) is 4.87. The smallest absolute Gasteiger partial charge is 0.257 e. The molecule has 94 valence electrons. The second-order valence-corrected chi connectivity index (χ2v) is 4.01. The Bertz CT molecular complexity index is 627. The minimum atomic E-state index is -0.440. The molecule has 0 fully saturated rings. The molecule has 0 aromatic carbocycles. The number of aryl methyl sites for hydroxylation is 2. The first-order valence-electron chi connectivity index (χ1n) is 5.46. The molecule has 0 aliphatic heterocycles. The van der Waals surface area contributed by atoms with E-state index in [2.05, 4.69) is 15.5 Å². The topological polar surface area (TPSA) is 88.0 Å². The number of carbonyl (C=O) groups excluding carboxylic acids is 1. The van der Waals surface area contributed by atoms with Gasteiger partial charge in [-0.25, -0.2) is 0 Å². The number of aromatic amines is 1. The summed E-state index contributed by atoms with van der Waals surface area (Å²) >= 11 is 0. The highest BCUT2D eigenvalue weighted by molar-refractivity contribution is 5.93. The van der Waals surface area contributed by atoms with Crippen LogP contribution in [0.1, 0.15) is 27.5 Å². The zero-order chi connectivity index (χ0) is 13.1.